The molecule has 4 heteroatoms. The van der Waals surface area contributed by atoms with Crippen molar-refractivity contribution in [2.75, 3.05) is 33.2 Å². The fraction of sp³-hybridized carbons (Fsp3) is 0.765. The van der Waals surface area contributed by atoms with Crippen LogP contribution >= 0.6 is 0 Å². The van der Waals surface area contributed by atoms with Crippen LogP contribution in [0.2, 0.25) is 0 Å². The summed E-state index contributed by atoms with van der Waals surface area (Å²) < 4.78 is 5.68. The Morgan fingerprint density at radius 3 is 2.67 bits per heavy atom. The number of likely N-dealkylation sites (tertiary alicyclic amines) is 1. The van der Waals surface area contributed by atoms with Crippen LogP contribution in [0.4, 0.5) is 0 Å². The Kier molecular flexibility index (Phi) is 5.85. The first-order valence-corrected chi connectivity index (χ1v) is 8.15. The summed E-state index contributed by atoms with van der Waals surface area (Å²) in [6.07, 6.45) is 4.54. The normalized spacial score (nSPS) is 17.0. The van der Waals surface area contributed by atoms with E-state index in [4.69, 9.17) is 4.42 Å². The van der Waals surface area contributed by atoms with Crippen LogP contribution in [0.25, 0.3) is 0 Å². The molecular formula is C17H31N3O. The molecule has 1 fully saturated rings. The van der Waals surface area contributed by atoms with Crippen molar-refractivity contribution in [2.24, 2.45) is 0 Å². The van der Waals surface area contributed by atoms with Crippen molar-refractivity contribution in [3.05, 3.63) is 23.7 Å². The van der Waals surface area contributed by atoms with Gasteiger partial charge >= 0.3 is 0 Å². The van der Waals surface area contributed by atoms with Crippen molar-refractivity contribution in [1.82, 2.24) is 15.1 Å². The predicted molar refractivity (Wildman–Crippen MR) is 87.3 cm³/mol. The van der Waals surface area contributed by atoms with Gasteiger partial charge in [-0.15, -0.1) is 0 Å². The summed E-state index contributed by atoms with van der Waals surface area (Å²) in [7, 11) is 2.18. The fourth-order valence-corrected chi connectivity index (χ4v) is 2.67. The molecule has 0 unspecified atom stereocenters. The average Bonchev–Trinajstić information content (AvgIpc) is 3.04. The number of rotatable bonds is 7. The van der Waals surface area contributed by atoms with Gasteiger partial charge in [0.05, 0.1) is 12.8 Å². The molecule has 1 N–H and O–H groups in total. The van der Waals surface area contributed by atoms with Crippen LogP contribution in [-0.2, 0) is 13.1 Å². The third kappa shape index (κ3) is 5.81. The van der Waals surface area contributed by atoms with Crippen molar-refractivity contribution in [1.29, 1.82) is 0 Å². The molecule has 0 spiro atoms. The largest absolute Gasteiger partial charge is 0.468 e. The van der Waals surface area contributed by atoms with Crippen molar-refractivity contribution in [3.8, 4) is 0 Å². The minimum atomic E-state index is 0.135. The predicted octanol–water partition coefficient (Wildman–Crippen LogP) is 2.70. The van der Waals surface area contributed by atoms with E-state index in [1.54, 1.807) is 0 Å². The highest BCUT2D eigenvalue weighted by Crippen LogP contribution is 2.14. The molecule has 0 radical (unpaired) electrons. The van der Waals surface area contributed by atoms with E-state index in [-0.39, 0.29) is 5.54 Å². The molecule has 0 aliphatic carbocycles. The molecule has 0 atom stereocenters. The van der Waals surface area contributed by atoms with E-state index in [0.29, 0.717) is 0 Å². The average molecular weight is 293 g/mol. The van der Waals surface area contributed by atoms with Gasteiger partial charge in [0.1, 0.15) is 5.76 Å². The first-order chi connectivity index (χ1) is 9.94. The minimum Gasteiger partial charge on any atom is -0.468 e. The molecule has 0 saturated carbocycles. The molecule has 1 aromatic heterocycles. The summed E-state index contributed by atoms with van der Waals surface area (Å²) in [5.74, 6) is 1.09. The van der Waals surface area contributed by atoms with Gasteiger partial charge in [0.2, 0.25) is 0 Å². The second kappa shape index (κ2) is 7.43. The molecule has 1 aliphatic heterocycles. The Morgan fingerprint density at radius 2 is 2.00 bits per heavy atom. The Balaban J connectivity index is 1.77. The monoisotopic (exact) mass is 293 g/mol. The molecule has 1 aliphatic rings. The zero-order valence-corrected chi connectivity index (χ0v) is 14.1. The van der Waals surface area contributed by atoms with Gasteiger partial charge < -0.3 is 14.6 Å². The van der Waals surface area contributed by atoms with Crippen LogP contribution in [-0.4, -0.2) is 48.6 Å². The van der Waals surface area contributed by atoms with Gasteiger partial charge in [0.15, 0.2) is 0 Å². The second-order valence-electron chi connectivity index (χ2n) is 7.26. The van der Waals surface area contributed by atoms with Crippen molar-refractivity contribution in [3.63, 3.8) is 0 Å². The van der Waals surface area contributed by atoms with Gasteiger partial charge in [-0.3, -0.25) is 4.90 Å². The van der Waals surface area contributed by atoms with Crippen LogP contribution < -0.4 is 5.32 Å². The number of likely N-dealkylation sites (N-methyl/N-ethyl adjacent to an activating group) is 1. The van der Waals surface area contributed by atoms with Crippen LogP contribution in [0, 0.1) is 0 Å². The highest BCUT2D eigenvalue weighted by Gasteiger charge is 2.15. The number of hydrogen-bond donors (Lipinski definition) is 1. The lowest BCUT2D eigenvalue weighted by molar-refractivity contribution is 0.238. The van der Waals surface area contributed by atoms with Crippen molar-refractivity contribution in [2.45, 2.75) is 52.2 Å². The summed E-state index contributed by atoms with van der Waals surface area (Å²) in [5.41, 5.74) is 1.41. The summed E-state index contributed by atoms with van der Waals surface area (Å²) in [5, 5.41) is 3.53. The standard InChI is InChI=1S/C17H31N3O/c1-17(2,3)18-13-15-7-12-21-16(15)14-19(4)10-11-20-8-5-6-9-20/h7,12,18H,5-6,8-11,13-14H2,1-4H3. The summed E-state index contributed by atoms with van der Waals surface area (Å²) >= 11 is 0. The van der Waals surface area contributed by atoms with Crippen LogP contribution in [0.5, 0.6) is 0 Å². The Labute approximate surface area is 129 Å². The van der Waals surface area contributed by atoms with Gasteiger partial charge in [-0.25, -0.2) is 0 Å². The highest BCUT2D eigenvalue weighted by atomic mass is 16.3. The Hall–Kier alpha value is -0.840. The fourth-order valence-electron chi connectivity index (χ4n) is 2.67. The Bertz CT molecular complexity index is 416. The lowest BCUT2D eigenvalue weighted by atomic mass is 10.1. The molecule has 1 aromatic rings. The third-order valence-corrected chi connectivity index (χ3v) is 4.06. The van der Waals surface area contributed by atoms with Crippen LogP contribution in [0.15, 0.2) is 16.7 Å². The minimum absolute atomic E-state index is 0.135. The maximum Gasteiger partial charge on any atom is 0.122 e. The topological polar surface area (TPSA) is 31.6 Å². The SMILES string of the molecule is CN(CCN1CCCC1)Cc1occc1CNC(C)(C)C. The lowest BCUT2D eigenvalue weighted by Crippen LogP contribution is -2.35. The second-order valence-corrected chi connectivity index (χ2v) is 7.26. The van der Waals surface area contributed by atoms with E-state index < -0.39 is 0 Å². The zero-order valence-electron chi connectivity index (χ0n) is 14.1. The van der Waals surface area contributed by atoms with E-state index in [1.165, 1.54) is 38.0 Å². The summed E-state index contributed by atoms with van der Waals surface area (Å²) in [6, 6.07) is 2.09. The molecule has 4 nitrogen and oxygen atoms in total. The van der Waals surface area contributed by atoms with E-state index in [1.807, 2.05) is 6.26 Å². The Morgan fingerprint density at radius 1 is 1.29 bits per heavy atom. The van der Waals surface area contributed by atoms with Gasteiger partial charge in [-0.2, -0.15) is 0 Å². The molecule has 0 aromatic carbocycles. The summed E-state index contributed by atoms with van der Waals surface area (Å²) in [6.45, 7) is 13.2. The quantitative estimate of drug-likeness (QED) is 0.837. The number of furan rings is 1. The maximum absolute atomic E-state index is 5.68. The van der Waals surface area contributed by atoms with E-state index in [9.17, 15) is 0 Å². The number of hydrogen-bond acceptors (Lipinski definition) is 4. The van der Waals surface area contributed by atoms with Crippen LogP contribution in [0.1, 0.15) is 44.9 Å². The smallest absolute Gasteiger partial charge is 0.122 e. The lowest BCUT2D eigenvalue weighted by Gasteiger charge is -2.22. The van der Waals surface area contributed by atoms with Crippen molar-refractivity contribution >= 4 is 0 Å². The molecular weight excluding hydrogens is 262 g/mol. The molecule has 0 amide bonds. The van der Waals surface area contributed by atoms with Gasteiger partial charge in [-0.1, -0.05) is 0 Å². The highest BCUT2D eigenvalue weighted by molar-refractivity contribution is 5.17. The van der Waals surface area contributed by atoms with Gasteiger partial charge in [-0.05, 0) is 59.8 Å². The van der Waals surface area contributed by atoms with E-state index in [0.717, 1.165) is 25.4 Å². The summed E-state index contributed by atoms with van der Waals surface area (Å²) in [4.78, 5) is 4.92. The number of nitrogens with zero attached hydrogens (tertiary/aromatic N) is 2. The molecule has 1 saturated heterocycles. The van der Waals surface area contributed by atoms with Crippen molar-refractivity contribution < 1.29 is 4.42 Å². The first-order valence-electron chi connectivity index (χ1n) is 8.15. The van der Waals surface area contributed by atoms with Gasteiger partial charge in [0, 0.05) is 30.7 Å². The molecule has 120 valence electrons. The molecule has 2 heterocycles. The zero-order chi connectivity index (χ0) is 15.3. The third-order valence-electron chi connectivity index (χ3n) is 4.06. The van der Waals surface area contributed by atoms with Gasteiger partial charge in [0.25, 0.3) is 0 Å². The molecule has 21 heavy (non-hydrogen) atoms. The maximum atomic E-state index is 5.68. The molecule has 2 rings (SSSR count). The first kappa shape index (κ1) is 16.5. The number of nitrogens with one attached hydrogen (secondary N) is 1. The molecule has 0 bridgehead atoms. The van der Waals surface area contributed by atoms with E-state index >= 15 is 0 Å². The van der Waals surface area contributed by atoms with E-state index in [2.05, 4.69) is 49.0 Å². The van der Waals surface area contributed by atoms with Crippen LogP contribution in [0.3, 0.4) is 0 Å².